The molecule has 0 unspecified atom stereocenters. The van der Waals surface area contributed by atoms with Gasteiger partial charge in [-0.15, -0.1) is 20.4 Å². The zero-order valence-corrected chi connectivity index (χ0v) is 17.1. The van der Waals surface area contributed by atoms with Gasteiger partial charge in [0.15, 0.2) is 10.7 Å². The average molecular weight is 422 g/mol. The second-order valence-corrected chi connectivity index (χ2v) is 7.54. The number of pyridine rings is 1. The highest BCUT2D eigenvalue weighted by molar-refractivity contribution is 7.13. The number of amides is 1. The fraction of sp³-hybridized carbons (Fsp3) is 0.200. The molecule has 0 bridgehead atoms. The van der Waals surface area contributed by atoms with Gasteiger partial charge in [0.2, 0.25) is 5.01 Å². The van der Waals surface area contributed by atoms with Crippen LogP contribution >= 0.6 is 11.3 Å². The highest BCUT2D eigenvalue weighted by atomic mass is 32.1. The summed E-state index contributed by atoms with van der Waals surface area (Å²) in [7, 11) is 0. The summed E-state index contributed by atoms with van der Waals surface area (Å²) in [5.41, 5.74) is 2.88. The smallest absolute Gasteiger partial charge is 0.340 e. The van der Waals surface area contributed by atoms with Crippen molar-refractivity contribution in [3.8, 4) is 0 Å². The summed E-state index contributed by atoms with van der Waals surface area (Å²) in [5, 5.41) is 19.2. The topological polar surface area (TPSA) is 111 Å². The summed E-state index contributed by atoms with van der Waals surface area (Å²) in [6.45, 7) is 3.78. The van der Waals surface area contributed by atoms with Crippen LogP contribution in [0.3, 0.4) is 0 Å². The molecule has 0 aliphatic heterocycles. The maximum atomic E-state index is 12.3. The van der Waals surface area contributed by atoms with Crippen LogP contribution in [0.25, 0.3) is 5.65 Å². The lowest BCUT2D eigenvalue weighted by molar-refractivity contribution is 0.0471. The average Bonchev–Trinajstić information content (AvgIpc) is 3.39. The molecule has 4 aromatic rings. The minimum Gasteiger partial charge on any atom is -0.455 e. The first-order chi connectivity index (χ1) is 14.5. The van der Waals surface area contributed by atoms with Gasteiger partial charge in [-0.05, 0) is 43.2 Å². The lowest BCUT2D eigenvalue weighted by atomic mass is 10.1. The van der Waals surface area contributed by atoms with Gasteiger partial charge in [0, 0.05) is 11.9 Å². The van der Waals surface area contributed by atoms with Crippen molar-refractivity contribution in [3.63, 3.8) is 0 Å². The van der Waals surface area contributed by atoms with Gasteiger partial charge in [0.1, 0.15) is 12.4 Å². The monoisotopic (exact) mass is 422 g/mol. The van der Waals surface area contributed by atoms with E-state index in [0.717, 1.165) is 17.8 Å². The molecule has 0 atom stereocenters. The maximum Gasteiger partial charge on any atom is 0.340 e. The molecule has 1 N–H and O–H groups in total. The highest BCUT2D eigenvalue weighted by Gasteiger charge is 2.16. The van der Waals surface area contributed by atoms with E-state index in [2.05, 4.69) is 32.6 Å². The number of esters is 1. The zero-order valence-electron chi connectivity index (χ0n) is 16.3. The van der Waals surface area contributed by atoms with E-state index < -0.39 is 5.97 Å². The Hall–Kier alpha value is -3.66. The molecule has 1 amide bonds. The fourth-order valence-electron chi connectivity index (χ4n) is 2.75. The summed E-state index contributed by atoms with van der Waals surface area (Å²) in [6, 6.07) is 10.9. The molecular formula is C20H18N6O3S. The van der Waals surface area contributed by atoms with Gasteiger partial charge in [-0.2, -0.15) is 0 Å². The number of fused-ring (bicyclic) bond motifs is 1. The second kappa shape index (κ2) is 8.37. The molecule has 3 aromatic heterocycles. The number of hydrogen-bond acceptors (Lipinski definition) is 8. The molecule has 0 saturated heterocycles. The second-order valence-electron chi connectivity index (χ2n) is 6.47. The molecule has 3 heterocycles. The van der Waals surface area contributed by atoms with E-state index in [9.17, 15) is 9.59 Å². The quantitative estimate of drug-likeness (QED) is 0.475. The van der Waals surface area contributed by atoms with E-state index >= 15 is 0 Å². The number of carbonyl (C=O) groups excluding carboxylic acids is 2. The number of aryl methyl sites for hydroxylation is 2. The number of carbonyl (C=O) groups is 2. The molecule has 0 aliphatic carbocycles. The fourth-order valence-corrected chi connectivity index (χ4v) is 3.40. The van der Waals surface area contributed by atoms with Gasteiger partial charge >= 0.3 is 5.97 Å². The van der Waals surface area contributed by atoms with Crippen LogP contribution in [0.1, 0.15) is 43.5 Å². The van der Waals surface area contributed by atoms with E-state index in [1.54, 1.807) is 29.7 Å². The Morgan fingerprint density at radius 1 is 1.07 bits per heavy atom. The number of anilines is 1. The largest absolute Gasteiger partial charge is 0.455 e. The van der Waals surface area contributed by atoms with Gasteiger partial charge in [0.25, 0.3) is 5.91 Å². The molecule has 0 fully saturated rings. The van der Waals surface area contributed by atoms with Gasteiger partial charge in [-0.3, -0.25) is 9.20 Å². The third-order valence-electron chi connectivity index (χ3n) is 4.42. The first-order valence-electron chi connectivity index (χ1n) is 9.24. The lowest BCUT2D eigenvalue weighted by Crippen LogP contribution is -2.11. The molecular weight excluding hydrogens is 404 g/mol. The molecule has 0 spiro atoms. The SMILES string of the molecule is CCc1ccc(NC(=O)c2nnc(COC(=O)c3ccc4nnc(C)n4c3)s2)cc1. The first-order valence-corrected chi connectivity index (χ1v) is 10.1. The molecule has 4 rings (SSSR count). The Labute approximate surface area is 175 Å². The van der Waals surface area contributed by atoms with Crippen LogP contribution in [0, 0.1) is 6.92 Å². The predicted molar refractivity (Wildman–Crippen MR) is 111 cm³/mol. The minimum atomic E-state index is -0.512. The molecule has 152 valence electrons. The number of ether oxygens (including phenoxy) is 1. The summed E-state index contributed by atoms with van der Waals surface area (Å²) in [6.07, 6.45) is 2.55. The van der Waals surface area contributed by atoms with Gasteiger partial charge in [-0.25, -0.2) is 4.79 Å². The number of rotatable bonds is 6. The zero-order chi connectivity index (χ0) is 21.1. The Morgan fingerprint density at radius 3 is 2.63 bits per heavy atom. The Kier molecular flexibility index (Phi) is 5.48. The maximum absolute atomic E-state index is 12.3. The number of nitrogens with zero attached hydrogens (tertiary/aromatic N) is 5. The molecule has 0 radical (unpaired) electrons. The number of nitrogens with one attached hydrogen (secondary N) is 1. The van der Waals surface area contributed by atoms with Crippen molar-refractivity contribution in [2.45, 2.75) is 26.9 Å². The van der Waals surface area contributed by atoms with Crippen molar-refractivity contribution in [2.75, 3.05) is 5.32 Å². The number of benzene rings is 1. The standard InChI is InChI=1S/C20H18N6O3S/c1-3-13-4-7-15(8-5-13)21-18(27)19-25-24-17(30-19)11-29-20(28)14-6-9-16-23-22-12(2)26(16)10-14/h4-10H,3,11H2,1-2H3,(H,21,27). The first kappa shape index (κ1) is 19.6. The summed E-state index contributed by atoms with van der Waals surface area (Å²) in [5.74, 6) is -0.200. The van der Waals surface area contributed by atoms with Crippen LogP contribution in [-0.4, -0.2) is 36.7 Å². The molecule has 0 saturated carbocycles. The van der Waals surface area contributed by atoms with Crippen molar-refractivity contribution in [3.05, 3.63) is 69.6 Å². The minimum absolute atomic E-state index is 0.0752. The van der Waals surface area contributed by atoms with Crippen LogP contribution in [0.4, 0.5) is 5.69 Å². The highest BCUT2D eigenvalue weighted by Crippen LogP contribution is 2.16. The van der Waals surface area contributed by atoms with Crippen LogP contribution < -0.4 is 5.32 Å². The van der Waals surface area contributed by atoms with Crippen molar-refractivity contribution < 1.29 is 14.3 Å². The number of hydrogen-bond donors (Lipinski definition) is 1. The van der Waals surface area contributed by atoms with Crippen LogP contribution in [0.5, 0.6) is 0 Å². The molecule has 1 aromatic carbocycles. The Bertz CT molecular complexity index is 1210. The van der Waals surface area contributed by atoms with Crippen molar-refractivity contribution in [1.82, 2.24) is 24.8 Å². The molecule has 30 heavy (non-hydrogen) atoms. The molecule has 0 aliphatic rings. The van der Waals surface area contributed by atoms with Crippen molar-refractivity contribution in [2.24, 2.45) is 0 Å². The Balaban J connectivity index is 1.36. The predicted octanol–water partition coefficient (Wildman–Crippen LogP) is 3.06. The molecule has 10 heteroatoms. The van der Waals surface area contributed by atoms with Crippen molar-refractivity contribution in [1.29, 1.82) is 0 Å². The van der Waals surface area contributed by atoms with E-state index in [0.29, 0.717) is 27.7 Å². The van der Waals surface area contributed by atoms with Crippen LogP contribution in [0.2, 0.25) is 0 Å². The molecule has 9 nitrogen and oxygen atoms in total. The third-order valence-corrected chi connectivity index (χ3v) is 5.31. The van der Waals surface area contributed by atoms with E-state index in [-0.39, 0.29) is 17.5 Å². The van der Waals surface area contributed by atoms with E-state index in [1.807, 2.05) is 24.3 Å². The Morgan fingerprint density at radius 2 is 1.87 bits per heavy atom. The summed E-state index contributed by atoms with van der Waals surface area (Å²) >= 11 is 1.07. The van der Waals surface area contributed by atoms with E-state index in [4.69, 9.17) is 4.74 Å². The van der Waals surface area contributed by atoms with E-state index in [1.165, 1.54) is 5.56 Å². The lowest BCUT2D eigenvalue weighted by Gasteiger charge is -2.04. The summed E-state index contributed by atoms with van der Waals surface area (Å²) in [4.78, 5) is 24.7. The summed E-state index contributed by atoms with van der Waals surface area (Å²) < 4.78 is 7.00. The van der Waals surface area contributed by atoms with Crippen LogP contribution in [-0.2, 0) is 17.8 Å². The van der Waals surface area contributed by atoms with Gasteiger partial charge in [0.05, 0.1) is 5.56 Å². The van der Waals surface area contributed by atoms with Gasteiger partial charge in [-0.1, -0.05) is 30.4 Å². The third kappa shape index (κ3) is 4.18. The van der Waals surface area contributed by atoms with Crippen molar-refractivity contribution >= 4 is 34.5 Å². The van der Waals surface area contributed by atoms with Gasteiger partial charge < -0.3 is 10.1 Å². The number of aromatic nitrogens is 5. The normalized spacial score (nSPS) is 10.9. The van der Waals surface area contributed by atoms with Crippen LogP contribution in [0.15, 0.2) is 42.6 Å².